The van der Waals surface area contributed by atoms with E-state index in [0.29, 0.717) is 0 Å². The highest BCUT2D eigenvalue weighted by molar-refractivity contribution is 5.44. The third-order valence-electron chi connectivity index (χ3n) is 3.79. The predicted octanol–water partition coefficient (Wildman–Crippen LogP) is 3.54. The van der Waals surface area contributed by atoms with E-state index in [9.17, 15) is 0 Å². The number of hydrogen-bond donors (Lipinski definition) is 1. The number of piperidine rings is 1. The third-order valence-corrected chi connectivity index (χ3v) is 3.79. The van der Waals surface area contributed by atoms with Crippen LogP contribution in [0.25, 0.3) is 0 Å². The summed E-state index contributed by atoms with van der Waals surface area (Å²) in [4.78, 5) is 2.60. The average molecular weight is 246 g/mol. The van der Waals surface area contributed by atoms with E-state index >= 15 is 0 Å². The van der Waals surface area contributed by atoms with Crippen LogP contribution in [0.3, 0.4) is 0 Å². The van der Waals surface area contributed by atoms with Crippen LogP contribution in [-0.4, -0.2) is 31.1 Å². The van der Waals surface area contributed by atoms with Gasteiger partial charge in [-0.25, -0.2) is 0 Å². The molecule has 0 bridgehead atoms. The lowest BCUT2D eigenvalue weighted by atomic mass is 10.1. The Morgan fingerprint density at radius 3 is 2.44 bits per heavy atom. The van der Waals surface area contributed by atoms with E-state index in [-0.39, 0.29) is 0 Å². The lowest BCUT2D eigenvalue weighted by Gasteiger charge is -2.26. The Kier molecular flexibility index (Phi) is 5.53. The van der Waals surface area contributed by atoms with Gasteiger partial charge in [-0.1, -0.05) is 25.5 Å². The molecule has 18 heavy (non-hydrogen) atoms. The zero-order chi connectivity index (χ0) is 12.6. The molecule has 1 aliphatic rings. The molecule has 1 fully saturated rings. The van der Waals surface area contributed by atoms with Gasteiger partial charge in [0.25, 0.3) is 0 Å². The monoisotopic (exact) mass is 246 g/mol. The van der Waals surface area contributed by atoms with Crippen molar-refractivity contribution in [3.63, 3.8) is 0 Å². The molecule has 1 aromatic rings. The van der Waals surface area contributed by atoms with E-state index < -0.39 is 0 Å². The maximum atomic E-state index is 3.51. The highest BCUT2D eigenvalue weighted by Gasteiger charge is 2.08. The third kappa shape index (κ3) is 4.34. The van der Waals surface area contributed by atoms with Crippen LogP contribution >= 0.6 is 0 Å². The molecule has 0 aromatic heterocycles. The SMILES string of the molecule is CCc1ccc(NCCCN2CCCCC2)cc1. The van der Waals surface area contributed by atoms with Crippen molar-refractivity contribution in [1.82, 2.24) is 4.90 Å². The minimum atomic E-state index is 1.09. The Morgan fingerprint density at radius 1 is 1.06 bits per heavy atom. The second-order valence-corrected chi connectivity index (χ2v) is 5.23. The summed E-state index contributed by atoms with van der Waals surface area (Å²) in [6.07, 6.45) is 6.58. The minimum absolute atomic E-state index is 1.09. The van der Waals surface area contributed by atoms with Gasteiger partial charge in [0.2, 0.25) is 0 Å². The van der Waals surface area contributed by atoms with Crippen LogP contribution in [-0.2, 0) is 6.42 Å². The first-order valence-electron chi connectivity index (χ1n) is 7.43. The fraction of sp³-hybridized carbons (Fsp3) is 0.625. The second kappa shape index (κ2) is 7.42. The zero-order valence-electron chi connectivity index (χ0n) is 11.6. The molecule has 2 nitrogen and oxygen atoms in total. The molecule has 0 unspecified atom stereocenters. The molecule has 0 radical (unpaired) electrons. The molecule has 0 aliphatic carbocycles. The number of anilines is 1. The summed E-state index contributed by atoms with van der Waals surface area (Å²) >= 11 is 0. The number of nitrogens with zero attached hydrogens (tertiary/aromatic N) is 1. The van der Waals surface area contributed by atoms with Crippen molar-refractivity contribution in [2.24, 2.45) is 0 Å². The van der Waals surface area contributed by atoms with Crippen molar-refractivity contribution in [3.8, 4) is 0 Å². The lowest BCUT2D eigenvalue weighted by molar-refractivity contribution is 0.228. The first-order valence-corrected chi connectivity index (χ1v) is 7.43. The Morgan fingerprint density at radius 2 is 1.78 bits per heavy atom. The van der Waals surface area contributed by atoms with Gasteiger partial charge in [-0.05, 0) is 63.0 Å². The van der Waals surface area contributed by atoms with Gasteiger partial charge in [-0.3, -0.25) is 0 Å². The Hall–Kier alpha value is -1.02. The van der Waals surface area contributed by atoms with Crippen LogP contribution < -0.4 is 5.32 Å². The molecule has 2 heteroatoms. The van der Waals surface area contributed by atoms with E-state index in [1.807, 2.05) is 0 Å². The van der Waals surface area contributed by atoms with Crippen molar-refractivity contribution < 1.29 is 0 Å². The van der Waals surface area contributed by atoms with Gasteiger partial charge in [-0.2, -0.15) is 0 Å². The fourth-order valence-electron chi connectivity index (χ4n) is 2.58. The van der Waals surface area contributed by atoms with E-state index in [1.165, 1.54) is 56.6 Å². The highest BCUT2D eigenvalue weighted by atomic mass is 15.1. The molecule has 2 rings (SSSR count). The van der Waals surface area contributed by atoms with E-state index in [4.69, 9.17) is 0 Å². The van der Waals surface area contributed by atoms with Crippen molar-refractivity contribution in [1.29, 1.82) is 0 Å². The maximum absolute atomic E-state index is 3.51. The molecule has 0 spiro atoms. The van der Waals surface area contributed by atoms with Crippen molar-refractivity contribution >= 4 is 5.69 Å². The normalized spacial score (nSPS) is 16.7. The van der Waals surface area contributed by atoms with Gasteiger partial charge in [-0.15, -0.1) is 0 Å². The van der Waals surface area contributed by atoms with Crippen molar-refractivity contribution in [3.05, 3.63) is 29.8 Å². The molecule has 0 saturated carbocycles. The lowest BCUT2D eigenvalue weighted by Crippen LogP contribution is -2.31. The molecule has 0 amide bonds. The second-order valence-electron chi connectivity index (χ2n) is 5.23. The maximum Gasteiger partial charge on any atom is 0.0340 e. The van der Waals surface area contributed by atoms with Crippen LogP contribution in [0.2, 0.25) is 0 Å². The molecule has 1 N–H and O–H groups in total. The van der Waals surface area contributed by atoms with Gasteiger partial charge in [0, 0.05) is 12.2 Å². The van der Waals surface area contributed by atoms with E-state index in [0.717, 1.165) is 13.0 Å². The Bertz CT molecular complexity index is 325. The van der Waals surface area contributed by atoms with Crippen LogP contribution in [0.4, 0.5) is 5.69 Å². The van der Waals surface area contributed by atoms with Gasteiger partial charge >= 0.3 is 0 Å². The largest absolute Gasteiger partial charge is 0.385 e. The Labute approximate surface area is 111 Å². The van der Waals surface area contributed by atoms with Crippen LogP contribution in [0, 0.1) is 0 Å². The summed E-state index contributed by atoms with van der Waals surface area (Å²) in [5, 5.41) is 3.51. The van der Waals surface area contributed by atoms with Crippen molar-refractivity contribution in [2.75, 3.05) is 31.5 Å². The summed E-state index contributed by atoms with van der Waals surface area (Å²) < 4.78 is 0. The molecule has 1 aromatic carbocycles. The Balaban J connectivity index is 1.62. The number of benzene rings is 1. The first kappa shape index (κ1) is 13.4. The molecule has 1 saturated heterocycles. The van der Waals surface area contributed by atoms with Gasteiger partial charge in [0.05, 0.1) is 0 Å². The van der Waals surface area contributed by atoms with Gasteiger partial charge < -0.3 is 10.2 Å². The number of likely N-dealkylation sites (tertiary alicyclic amines) is 1. The summed E-state index contributed by atoms with van der Waals surface area (Å²) in [6.45, 7) is 7.15. The summed E-state index contributed by atoms with van der Waals surface area (Å²) in [5.74, 6) is 0. The number of nitrogens with one attached hydrogen (secondary N) is 1. The molecule has 1 aliphatic heterocycles. The first-order chi connectivity index (χ1) is 8.88. The number of aryl methyl sites for hydroxylation is 1. The van der Waals surface area contributed by atoms with E-state index in [1.54, 1.807) is 0 Å². The standard InChI is InChI=1S/C16H26N2/c1-2-15-7-9-16(10-8-15)17-11-6-14-18-12-4-3-5-13-18/h7-10,17H,2-6,11-14H2,1H3. The van der Waals surface area contributed by atoms with Gasteiger partial charge in [0.15, 0.2) is 0 Å². The number of hydrogen-bond acceptors (Lipinski definition) is 2. The topological polar surface area (TPSA) is 15.3 Å². The van der Waals surface area contributed by atoms with E-state index in [2.05, 4.69) is 41.4 Å². The van der Waals surface area contributed by atoms with Crippen molar-refractivity contribution in [2.45, 2.75) is 39.0 Å². The van der Waals surface area contributed by atoms with Crippen LogP contribution in [0.15, 0.2) is 24.3 Å². The molecule has 100 valence electrons. The zero-order valence-corrected chi connectivity index (χ0v) is 11.6. The fourth-order valence-corrected chi connectivity index (χ4v) is 2.58. The van der Waals surface area contributed by atoms with Crippen LogP contribution in [0.1, 0.15) is 38.2 Å². The smallest absolute Gasteiger partial charge is 0.0340 e. The average Bonchev–Trinajstić information content (AvgIpc) is 2.45. The summed E-state index contributed by atoms with van der Waals surface area (Å²) in [7, 11) is 0. The molecule has 1 heterocycles. The number of rotatable bonds is 6. The van der Waals surface area contributed by atoms with Crippen LogP contribution in [0.5, 0.6) is 0 Å². The summed E-state index contributed by atoms with van der Waals surface area (Å²) in [6, 6.07) is 8.82. The summed E-state index contributed by atoms with van der Waals surface area (Å²) in [5.41, 5.74) is 2.67. The predicted molar refractivity (Wildman–Crippen MR) is 79.2 cm³/mol. The quantitative estimate of drug-likeness (QED) is 0.772. The highest BCUT2D eigenvalue weighted by Crippen LogP contribution is 2.11. The molecular formula is C16H26N2. The molecule has 0 atom stereocenters. The van der Waals surface area contributed by atoms with Gasteiger partial charge in [0.1, 0.15) is 0 Å². The minimum Gasteiger partial charge on any atom is -0.385 e. The molecular weight excluding hydrogens is 220 g/mol.